The van der Waals surface area contributed by atoms with Crippen LogP contribution in [0, 0.1) is 0 Å². The molecule has 0 aliphatic rings. The molecule has 0 saturated carbocycles. The average Bonchev–Trinajstić information content (AvgIpc) is 2.17. The highest BCUT2D eigenvalue weighted by Crippen LogP contribution is 2.20. The van der Waals surface area contributed by atoms with Gasteiger partial charge in [0, 0.05) is 6.08 Å². The lowest BCUT2D eigenvalue weighted by Crippen LogP contribution is -1.96. The molecule has 0 aromatic heterocycles. The standard InChI is InChI=1S/C12H14O3/c1-9(8-12(13)14)7-10-5-3-4-6-11(10)15-2/h3-6,8H,7H2,1-2H3,(H,13,14)/b9-8-. The van der Waals surface area contributed by atoms with Crippen LogP contribution in [0.2, 0.25) is 0 Å². The molecule has 0 aliphatic heterocycles. The molecule has 80 valence electrons. The van der Waals surface area contributed by atoms with E-state index in [1.54, 1.807) is 14.0 Å². The Morgan fingerprint density at radius 1 is 1.47 bits per heavy atom. The number of carbonyl (C=O) groups is 1. The van der Waals surface area contributed by atoms with Crippen LogP contribution in [0.3, 0.4) is 0 Å². The van der Waals surface area contributed by atoms with Gasteiger partial charge in [-0.2, -0.15) is 0 Å². The second kappa shape index (κ2) is 5.20. The summed E-state index contributed by atoms with van der Waals surface area (Å²) in [6, 6.07) is 7.59. The highest BCUT2D eigenvalue weighted by atomic mass is 16.5. The smallest absolute Gasteiger partial charge is 0.328 e. The maximum absolute atomic E-state index is 10.4. The minimum atomic E-state index is -0.914. The predicted molar refractivity (Wildman–Crippen MR) is 58.1 cm³/mol. The van der Waals surface area contributed by atoms with Crippen molar-refractivity contribution in [3.05, 3.63) is 41.5 Å². The van der Waals surface area contributed by atoms with Crippen molar-refractivity contribution in [3.8, 4) is 5.75 Å². The lowest BCUT2D eigenvalue weighted by molar-refractivity contribution is -0.131. The average molecular weight is 206 g/mol. The minimum absolute atomic E-state index is 0.594. The van der Waals surface area contributed by atoms with Gasteiger partial charge < -0.3 is 9.84 Å². The van der Waals surface area contributed by atoms with E-state index in [0.29, 0.717) is 6.42 Å². The molecular formula is C12H14O3. The highest BCUT2D eigenvalue weighted by Gasteiger charge is 2.03. The number of benzene rings is 1. The minimum Gasteiger partial charge on any atom is -0.496 e. The van der Waals surface area contributed by atoms with Gasteiger partial charge in [-0.15, -0.1) is 0 Å². The second-order valence-corrected chi connectivity index (χ2v) is 3.32. The van der Waals surface area contributed by atoms with E-state index in [2.05, 4.69) is 0 Å². The van der Waals surface area contributed by atoms with Gasteiger partial charge in [-0.3, -0.25) is 0 Å². The number of methoxy groups -OCH3 is 1. The van der Waals surface area contributed by atoms with Gasteiger partial charge in [-0.25, -0.2) is 4.79 Å². The quantitative estimate of drug-likeness (QED) is 0.769. The first-order chi connectivity index (χ1) is 7.13. The Morgan fingerprint density at radius 2 is 2.13 bits per heavy atom. The third kappa shape index (κ3) is 3.46. The first kappa shape index (κ1) is 11.3. The summed E-state index contributed by atoms with van der Waals surface area (Å²) in [5.74, 6) is -0.127. The molecule has 0 fully saturated rings. The van der Waals surface area contributed by atoms with Crippen molar-refractivity contribution in [1.29, 1.82) is 0 Å². The van der Waals surface area contributed by atoms with Crippen LogP contribution in [0.25, 0.3) is 0 Å². The van der Waals surface area contributed by atoms with E-state index in [-0.39, 0.29) is 0 Å². The van der Waals surface area contributed by atoms with Crippen molar-refractivity contribution in [2.45, 2.75) is 13.3 Å². The fourth-order valence-corrected chi connectivity index (χ4v) is 1.41. The van der Waals surface area contributed by atoms with Crippen LogP contribution in [-0.4, -0.2) is 18.2 Å². The molecule has 15 heavy (non-hydrogen) atoms. The van der Waals surface area contributed by atoms with Crippen molar-refractivity contribution >= 4 is 5.97 Å². The Bertz CT molecular complexity index is 380. The molecule has 0 atom stereocenters. The predicted octanol–water partition coefficient (Wildman–Crippen LogP) is 2.27. The van der Waals surface area contributed by atoms with Crippen molar-refractivity contribution in [2.75, 3.05) is 7.11 Å². The number of para-hydroxylation sites is 1. The summed E-state index contributed by atoms with van der Waals surface area (Å²) < 4.78 is 5.18. The summed E-state index contributed by atoms with van der Waals surface area (Å²) in [5, 5.41) is 8.58. The molecule has 0 unspecified atom stereocenters. The maximum Gasteiger partial charge on any atom is 0.328 e. The van der Waals surface area contributed by atoms with Crippen LogP contribution >= 0.6 is 0 Å². The number of carboxylic acid groups (broad SMARTS) is 1. The second-order valence-electron chi connectivity index (χ2n) is 3.32. The van der Waals surface area contributed by atoms with E-state index in [1.165, 1.54) is 6.08 Å². The number of allylic oxidation sites excluding steroid dienone is 1. The highest BCUT2D eigenvalue weighted by molar-refractivity contribution is 5.80. The molecule has 0 radical (unpaired) electrons. The molecule has 1 rings (SSSR count). The Hall–Kier alpha value is -1.77. The van der Waals surface area contributed by atoms with E-state index in [1.807, 2.05) is 24.3 Å². The lowest BCUT2D eigenvalue weighted by atomic mass is 10.1. The molecule has 0 bridgehead atoms. The Labute approximate surface area is 89.0 Å². The largest absolute Gasteiger partial charge is 0.496 e. The fourth-order valence-electron chi connectivity index (χ4n) is 1.41. The number of rotatable bonds is 4. The van der Waals surface area contributed by atoms with Crippen LogP contribution in [0.1, 0.15) is 12.5 Å². The molecular weight excluding hydrogens is 192 g/mol. The summed E-state index contributed by atoms with van der Waals surface area (Å²) in [4.78, 5) is 10.4. The van der Waals surface area contributed by atoms with Crippen LogP contribution in [0.4, 0.5) is 0 Å². The molecule has 0 amide bonds. The zero-order valence-corrected chi connectivity index (χ0v) is 8.86. The van der Waals surface area contributed by atoms with Crippen LogP contribution in [0.5, 0.6) is 5.75 Å². The molecule has 3 nitrogen and oxygen atoms in total. The van der Waals surface area contributed by atoms with Gasteiger partial charge in [-0.05, 0) is 25.0 Å². The van der Waals surface area contributed by atoms with E-state index in [4.69, 9.17) is 9.84 Å². The molecule has 1 N–H and O–H groups in total. The summed E-state index contributed by atoms with van der Waals surface area (Å²) in [7, 11) is 1.61. The third-order valence-electron chi connectivity index (χ3n) is 2.03. The number of aliphatic carboxylic acids is 1. The van der Waals surface area contributed by atoms with Crippen LogP contribution in [-0.2, 0) is 11.2 Å². The first-order valence-corrected chi connectivity index (χ1v) is 4.65. The van der Waals surface area contributed by atoms with Gasteiger partial charge in [0.25, 0.3) is 0 Å². The molecule has 0 heterocycles. The zero-order chi connectivity index (χ0) is 11.3. The van der Waals surface area contributed by atoms with Crippen molar-refractivity contribution < 1.29 is 14.6 Å². The summed E-state index contributed by atoms with van der Waals surface area (Å²) in [6.07, 6.45) is 1.81. The SMILES string of the molecule is COc1ccccc1C/C(C)=C\C(=O)O. The van der Waals surface area contributed by atoms with Gasteiger partial charge >= 0.3 is 5.97 Å². The van der Waals surface area contributed by atoms with Crippen molar-refractivity contribution in [3.63, 3.8) is 0 Å². The summed E-state index contributed by atoms with van der Waals surface area (Å²) in [5.41, 5.74) is 1.79. The van der Waals surface area contributed by atoms with E-state index in [9.17, 15) is 4.79 Å². The monoisotopic (exact) mass is 206 g/mol. The van der Waals surface area contributed by atoms with E-state index < -0.39 is 5.97 Å². The zero-order valence-electron chi connectivity index (χ0n) is 8.86. The Kier molecular flexibility index (Phi) is 3.92. The van der Waals surface area contributed by atoms with Crippen LogP contribution in [0.15, 0.2) is 35.9 Å². The Morgan fingerprint density at radius 3 is 2.73 bits per heavy atom. The summed E-state index contributed by atoms with van der Waals surface area (Å²) >= 11 is 0. The molecule has 1 aromatic rings. The molecule has 0 spiro atoms. The molecule has 0 saturated heterocycles. The van der Waals surface area contributed by atoms with Crippen molar-refractivity contribution in [1.82, 2.24) is 0 Å². The third-order valence-corrected chi connectivity index (χ3v) is 2.03. The van der Waals surface area contributed by atoms with Crippen LogP contribution < -0.4 is 4.74 Å². The normalized spacial score (nSPS) is 11.2. The lowest BCUT2D eigenvalue weighted by Gasteiger charge is -2.07. The van der Waals surface area contributed by atoms with Gasteiger partial charge in [-0.1, -0.05) is 23.8 Å². The number of ether oxygens (including phenoxy) is 1. The van der Waals surface area contributed by atoms with Gasteiger partial charge in [0.1, 0.15) is 5.75 Å². The number of carboxylic acids is 1. The van der Waals surface area contributed by atoms with E-state index in [0.717, 1.165) is 16.9 Å². The fraction of sp³-hybridized carbons (Fsp3) is 0.250. The van der Waals surface area contributed by atoms with Gasteiger partial charge in [0.05, 0.1) is 7.11 Å². The van der Waals surface area contributed by atoms with Gasteiger partial charge in [0.2, 0.25) is 0 Å². The molecule has 3 heteroatoms. The Balaban J connectivity index is 2.84. The van der Waals surface area contributed by atoms with Gasteiger partial charge in [0.15, 0.2) is 0 Å². The topological polar surface area (TPSA) is 46.5 Å². The molecule has 0 aliphatic carbocycles. The van der Waals surface area contributed by atoms with E-state index >= 15 is 0 Å². The maximum atomic E-state index is 10.4. The number of hydrogen-bond donors (Lipinski definition) is 1. The molecule has 1 aromatic carbocycles. The number of hydrogen-bond acceptors (Lipinski definition) is 2. The van der Waals surface area contributed by atoms with Crippen molar-refractivity contribution in [2.24, 2.45) is 0 Å². The first-order valence-electron chi connectivity index (χ1n) is 4.65. The summed E-state index contributed by atoms with van der Waals surface area (Å²) in [6.45, 7) is 1.79.